The standard InChI is InChI=1S/C12H12F3N/c13-12(14,15)7-1-2-8-9(5-7)6-3-10(8)11(16)4-6/h1-2,5-6,10-11H,3-4,16H2. The Labute approximate surface area is 91.4 Å². The minimum absolute atomic E-state index is 0.134. The molecule has 0 amide bonds. The molecule has 0 spiro atoms. The highest BCUT2D eigenvalue weighted by Gasteiger charge is 2.43. The smallest absolute Gasteiger partial charge is 0.327 e. The molecule has 0 aliphatic heterocycles. The fraction of sp³-hybridized carbons (Fsp3) is 0.500. The summed E-state index contributed by atoms with van der Waals surface area (Å²) < 4.78 is 37.7. The lowest BCUT2D eigenvalue weighted by Gasteiger charge is -2.22. The molecule has 2 aliphatic rings. The summed E-state index contributed by atoms with van der Waals surface area (Å²) in [7, 11) is 0. The number of alkyl halides is 3. The summed E-state index contributed by atoms with van der Waals surface area (Å²) in [5.74, 6) is 0.527. The first-order valence-corrected chi connectivity index (χ1v) is 5.43. The van der Waals surface area contributed by atoms with Gasteiger partial charge in [-0.2, -0.15) is 13.2 Å². The predicted molar refractivity (Wildman–Crippen MR) is 54.1 cm³/mol. The molecule has 2 N–H and O–H groups in total. The summed E-state index contributed by atoms with van der Waals surface area (Å²) >= 11 is 0. The zero-order valence-corrected chi connectivity index (χ0v) is 8.59. The van der Waals surface area contributed by atoms with Gasteiger partial charge in [0, 0.05) is 6.04 Å². The van der Waals surface area contributed by atoms with Crippen LogP contribution in [0.25, 0.3) is 0 Å². The highest BCUT2D eigenvalue weighted by Crippen LogP contribution is 2.53. The largest absolute Gasteiger partial charge is 0.416 e. The number of fused-ring (bicyclic) bond motifs is 5. The van der Waals surface area contributed by atoms with E-state index in [1.807, 2.05) is 0 Å². The van der Waals surface area contributed by atoms with Crippen LogP contribution >= 0.6 is 0 Å². The van der Waals surface area contributed by atoms with Gasteiger partial charge in [-0.05, 0) is 47.9 Å². The van der Waals surface area contributed by atoms with Crippen molar-refractivity contribution < 1.29 is 13.2 Å². The van der Waals surface area contributed by atoms with Crippen LogP contribution in [0.3, 0.4) is 0 Å². The van der Waals surface area contributed by atoms with Crippen LogP contribution in [0.4, 0.5) is 13.2 Å². The van der Waals surface area contributed by atoms with Gasteiger partial charge in [-0.25, -0.2) is 0 Å². The first-order valence-electron chi connectivity index (χ1n) is 5.43. The normalized spacial score (nSPS) is 31.9. The van der Waals surface area contributed by atoms with E-state index in [2.05, 4.69) is 0 Å². The number of halogens is 3. The van der Waals surface area contributed by atoms with E-state index >= 15 is 0 Å². The van der Waals surface area contributed by atoms with Crippen molar-refractivity contribution in [2.45, 2.75) is 36.9 Å². The fourth-order valence-electron chi connectivity index (χ4n) is 3.12. The van der Waals surface area contributed by atoms with E-state index in [-0.39, 0.29) is 17.9 Å². The molecule has 0 aromatic heterocycles. The maximum absolute atomic E-state index is 12.6. The molecule has 1 aromatic carbocycles. The second-order valence-electron chi connectivity index (χ2n) is 4.78. The number of benzene rings is 1. The predicted octanol–water partition coefficient (Wildman–Crippen LogP) is 3.01. The van der Waals surface area contributed by atoms with Crippen LogP contribution in [0.1, 0.15) is 41.4 Å². The third-order valence-corrected chi connectivity index (χ3v) is 3.87. The zero-order chi connectivity index (χ0) is 11.5. The van der Waals surface area contributed by atoms with E-state index in [9.17, 15) is 13.2 Å². The molecule has 1 fully saturated rings. The van der Waals surface area contributed by atoms with E-state index in [1.165, 1.54) is 12.1 Å². The maximum atomic E-state index is 12.6. The SMILES string of the molecule is NC1CC2CC1c1ccc(C(F)(F)F)cc12. The topological polar surface area (TPSA) is 26.0 Å². The Morgan fingerprint density at radius 1 is 1.12 bits per heavy atom. The average molecular weight is 227 g/mol. The lowest BCUT2D eigenvalue weighted by Crippen LogP contribution is -2.25. The van der Waals surface area contributed by atoms with Crippen molar-refractivity contribution in [3.05, 3.63) is 34.9 Å². The summed E-state index contributed by atoms with van der Waals surface area (Å²) in [6, 6.07) is 4.23. The molecule has 1 saturated carbocycles. The minimum atomic E-state index is -4.24. The highest BCUT2D eigenvalue weighted by molar-refractivity contribution is 5.45. The van der Waals surface area contributed by atoms with E-state index in [0.717, 1.165) is 24.0 Å². The number of hydrogen-bond acceptors (Lipinski definition) is 1. The fourth-order valence-corrected chi connectivity index (χ4v) is 3.12. The molecule has 2 aliphatic carbocycles. The van der Waals surface area contributed by atoms with Crippen molar-refractivity contribution in [3.63, 3.8) is 0 Å². The van der Waals surface area contributed by atoms with Crippen molar-refractivity contribution >= 4 is 0 Å². The van der Waals surface area contributed by atoms with Gasteiger partial charge >= 0.3 is 6.18 Å². The van der Waals surface area contributed by atoms with Gasteiger partial charge in [-0.3, -0.25) is 0 Å². The third-order valence-electron chi connectivity index (χ3n) is 3.87. The Bertz CT molecular complexity index is 438. The highest BCUT2D eigenvalue weighted by atomic mass is 19.4. The van der Waals surface area contributed by atoms with E-state index in [1.54, 1.807) is 6.07 Å². The van der Waals surface area contributed by atoms with Crippen molar-refractivity contribution in [1.82, 2.24) is 0 Å². The van der Waals surface area contributed by atoms with Gasteiger partial charge in [-0.1, -0.05) is 6.07 Å². The molecule has 2 bridgehead atoms. The van der Waals surface area contributed by atoms with Crippen LogP contribution in [0.15, 0.2) is 18.2 Å². The first-order chi connectivity index (χ1) is 7.47. The van der Waals surface area contributed by atoms with Gasteiger partial charge in [-0.15, -0.1) is 0 Å². The lowest BCUT2D eigenvalue weighted by molar-refractivity contribution is -0.137. The molecule has 16 heavy (non-hydrogen) atoms. The van der Waals surface area contributed by atoms with Crippen LogP contribution in [-0.2, 0) is 6.18 Å². The molecule has 0 heterocycles. The minimum Gasteiger partial charge on any atom is -0.327 e. The van der Waals surface area contributed by atoms with Crippen LogP contribution in [0.2, 0.25) is 0 Å². The maximum Gasteiger partial charge on any atom is 0.416 e. The summed E-state index contributed by atoms with van der Waals surface area (Å²) in [6.07, 6.45) is -2.48. The Hall–Kier alpha value is -1.03. The van der Waals surface area contributed by atoms with Crippen LogP contribution in [0, 0.1) is 0 Å². The van der Waals surface area contributed by atoms with E-state index in [0.29, 0.717) is 0 Å². The van der Waals surface area contributed by atoms with E-state index in [4.69, 9.17) is 5.73 Å². The molecular formula is C12H12F3N. The van der Waals surface area contributed by atoms with Gasteiger partial charge in [0.25, 0.3) is 0 Å². The van der Waals surface area contributed by atoms with Crippen molar-refractivity contribution in [2.24, 2.45) is 5.73 Å². The molecule has 3 unspecified atom stereocenters. The number of nitrogens with two attached hydrogens (primary N) is 1. The van der Waals surface area contributed by atoms with Crippen LogP contribution in [0.5, 0.6) is 0 Å². The third kappa shape index (κ3) is 1.29. The Kier molecular flexibility index (Phi) is 1.90. The first kappa shape index (κ1) is 10.1. The Morgan fingerprint density at radius 3 is 2.56 bits per heavy atom. The summed E-state index contributed by atoms with van der Waals surface area (Å²) in [5.41, 5.74) is 7.32. The monoisotopic (exact) mass is 227 g/mol. The van der Waals surface area contributed by atoms with E-state index < -0.39 is 11.7 Å². The zero-order valence-electron chi connectivity index (χ0n) is 8.59. The molecular weight excluding hydrogens is 215 g/mol. The molecule has 3 atom stereocenters. The molecule has 3 rings (SSSR count). The number of rotatable bonds is 0. The Morgan fingerprint density at radius 2 is 1.88 bits per heavy atom. The molecule has 1 aromatic rings. The van der Waals surface area contributed by atoms with Gasteiger partial charge in [0.15, 0.2) is 0 Å². The lowest BCUT2D eigenvalue weighted by atomic mass is 9.87. The van der Waals surface area contributed by atoms with Crippen LogP contribution < -0.4 is 5.73 Å². The molecule has 4 heteroatoms. The average Bonchev–Trinajstić information content (AvgIpc) is 2.73. The van der Waals surface area contributed by atoms with Crippen LogP contribution in [-0.4, -0.2) is 6.04 Å². The summed E-state index contributed by atoms with van der Waals surface area (Å²) in [4.78, 5) is 0. The molecule has 0 radical (unpaired) electrons. The molecule has 1 nitrogen and oxygen atoms in total. The molecule has 86 valence electrons. The quantitative estimate of drug-likeness (QED) is 0.724. The second-order valence-corrected chi connectivity index (χ2v) is 4.78. The van der Waals surface area contributed by atoms with Crippen molar-refractivity contribution in [1.29, 1.82) is 0 Å². The van der Waals surface area contributed by atoms with Gasteiger partial charge in [0.2, 0.25) is 0 Å². The second kappa shape index (κ2) is 3.00. The molecule has 0 saturated heterocycles. The van der Waals surface area contributed by atoms with Gasteiger partial charge in [0.1, 0.15) is 0 Å². The Balaban J connectivity index is 2.06. The summed E-state index contributed by atoms with van der Waals surface area (Å²) in [6.45, 7) is 0. The van der Waals surface area contributed by atoms with Gasteiger partial charge in [0.05, 0.1) is 5.56 Å². The van der Waals surface area contributed by atoms with Gasteiger partial charge < -0.3 is 5.73 Å². The summed E-state index contributed by atoms with van der Waals surface area (Å²) in [5, 5.41) is 0. The van der Waals surface area contributed by atoms with Crippen molar-refractivity contribution in [2.75, 3.05) is 0 Å². The number of hydrogen-bond donors (Lipinski definition) is 1. The van der Waals surface area contributed by atoms with Crippen molar-refractivity contribution in [3.8, 4) is 0 Å².